The summed E-state index contributed by atoms with van der Waals surface area (Å²) in [6, 6.07) is 19.6. The zero-order valence-corrected chi connectivity index (χ0v) is 17.7. The van der Waals surface area contributed by atoms with Crippen molar-refractivity contribution in [2.75, 3.05) is 49.5 Å². The molecule has 0 unspecified atom stereocenters. The molecule has 0 aliphatic carbocycles. The number of nitrogens with zero attached hydrogens (tertiary/aromatic N) is 3. The molecular weight excluding hydrogens is 368 g/mol. The molecule has 4 rings (SSSR count). The molecule has 0 spiro atoms. The average Bonchev–Trinajstić information content (AvgIpc) is 2.79. The van der Waals surface area contributed by atoms with E-state index in [9.17, 15) is 0 Å². The first kappa shape index (κ1) is 22.1. The van der Waals surface area contributed by atoms with Gasteiger partial charge in [0.1, 0.15) is 5.82 Å². The number of nitrogens with one attached hydrogen (secondary N) is 1. The number of anilines is 2. The molecule has 4 heteroatoms. The molecule has 0 amide bonds. The molecule has 4 nitrogen and oxygen atoms in total. The molecule has 1 fully saturated rings. The van der Waals surface area contributed by atoms with Gasteiger partial charge in [-0.2, -0.15) is 0 Å². The minimum Gasteiger partial charge on any atom is -0.385 e. The van der Waals surface area contributed by atoms with Gasteiger partial charge in [0.25, 0.3) is 0 Å². The Balaban J connectivity index is 0.00000256. The lowest BCUT2D eigenvalue weighted by molar-refractivity contribution is 0.271. The van der Waals surface area contributed by atoms with Crippen LogP contribution in [0.1, 0.15) is 34.1 Å². The lowest BCUT2D eigenvalue weighted by atomic mass is 10.1. The number of unbranched alkanes of at least 4 members (excludes halogenated alkanes) is 1. The first-order chi connectivity index (χ1) is 14.3. The van der Waals surface area contributed by atoms with Gasteiger partial charge in [0.2, 0.25) is 0 Å². The monoisotopic (exact) mass is 404 g/mol. The minimum absolute atomic E-state index is 0. The van der Waals surface area contributed by atoms with Crippen LogP contribution in [0.3, 0.4) is 0 Å². The summed E-state index contributed by atoms with van der Waals surface area (Å²) in [7, 11) is 0. The van der Waals surface area contributed by atoms with E-state index >= 15 is 0 Å². The van der Waals surface area contributed by atoms with Crippen LogP contribution in [0.15, 0.2) is 54.6 Å². The number of aromatic nitrogens is 1. The fourth-order valence-electron chi connectivity index (χ4n) is 4.01. The third-order valence-corrected chi connectivity index (χ3v) is 5.88. The van der Waals surface area contributed by atoms with Crippen LogP contribution in [0.5, 0.6) is 0 Å². The number of fused-ring (bicyclic) bond motifs is 1. The van der Waals surface area contributed by atoms with Gasteiger partial charge in [-0.15, -0.1) is 0 Å². The summed E-state index contributed by atoms with van der Waals surface area (Å²) in [6.45, 7) is 10.9. The average molecular weight is 405 g/mol. The minimum atomic E-state index is 0. The Hall–Kier alpha value is -2.59. The summed E-state index contributed by atoms with van der Waals surface area (Å²) in [4.78, 5) is 10.1. The van der Waals surface area contributed by atoms with E-state index in [2.05, 4.69) is 83.6 Å². The van der Waals surface area contributed by atoms with Gasteiger partial charge in [-0.1, -0.05) is 64.1 Å². The molecule has 30 heavy (non-hydrogen) atoms. The van der Waals surface area contributed by atoms with Gasteiger partial charge in [-0.05, 0) is 36.6 Å². The second-order valence-electron chi connectivity index (χ2n) is 7.83. The van der Waals surface area contributed by atoms with Gasteiger partial charge < -0.3 is 15.1 Å². The smallest absolute Gasteiger partial charge is 0.137 e. The summed E-state index contributed by atoms with van der Waals surface area (Å²) in [5.41, 5.74) is 3.40. The Morgan fingerprint density at radius 1 is 0.933 bits per heavy atom. The number of hydrogen-bond donors (Lipinski definition) is 1. The zero-order chi connectivity index (χ0) is 20.1. The van der Waals surface area contributed by atoms with Crippen LogP contribution in [-0.2, 0) is 0 Å². The van der Waals surface area contributed by atoms with Crippen LogP contribution < -0.4 is 10.2 Å². The molecule has 3 aromatic rings. The van der Waals surface area contributed by atoms with Gasteiger partial charge in [-0.25, -0.2) is 4.98 Å². The van der Waals surface area contributed by atoms with Gasteiger partial charge in [0.15, 0.2) is 0 Å². The molecule has 0 bridgehead atoms. The van der Waals surface area contributed by atoms with Crippen molar-refractivity contribution in [1.82, 2.24) is 9.88 Å². The molecular formula is C26H36N4. The summed E-state index contributed by atoms with van der Waals surface area (Å²) < 4.78 is 0. The molecule has 1 aliphatic rings. The highest BCUT2D eigenvalue weighted by atomic mass is 15.3. The van der Waals surface area contributed by atoms with E-state index in [0.29, 0.717) is 0 Å². The largest absolute Gasteiger partial charge is 0.385 e. The maximum absolute atomic E-state index is 5.14. The maximum atomic E-state index is 5.14. The van der Waals surface area contributed by atoms with Crippen molar-refractivity contribution >= 4 is 22.3 Å². The summed E-state index contributed by atoms with van der Waals surface area (Å²) in [6.07, 6.45) is 2.41. The van der Waals surface area contributed by atoms with Crippen molar-refractivity contribution in [3.05, 3.63) is 54.6 Å². The molecule has 160 valence electrons. The predicted octanol–water partition coefficient (Wildman–Crippen LogP) is 5.89. The third-order valence-electron chi connectivity index (χ3n) is 5.88. The van der Waals surface area contributed by atoms with Crippen LogP contribution in [0.25, 0.3) is 22.0 Å². The Bertz CT molecular complexity index is 927. The normalized spacial score (nSPS) is 14.5. The highest BCUT2D eigenvalue weighted by Crippen LogP contribution is 2.31. The van der Waals surface area contributed by atoms with Crippen LogP contribution in [-0.4, -0.2) is 49.2 Å². The van der Waals surface area contributed by atoms with E-state index in [1.807, 2.05) is 0 Å². The third kappa shape index (κ3) is 4.93. The van der Waals surface area contributed by atoms with Crippen LogP contribution in [0.4, 0.5) is 11.5 Å². The van der Waals surface area contributed by atoms with Crippen LogP contribution in [0, 0.1) is 0 Å². The molecule has 0 radical (unpaired) electrons. The Morgan fingerprint density at radius 2 is 1.67 bits per heavy atom. The van der Waals surface area contributed by atoms with E-state index in [0.717, 1.165) is 50.8 Å². The standard InChI is InChI=1S/C25H32N4.CH4/c1-3-5-14-26-22-12-10-20(11-13-22)24-19-21-8-6-7-9-23(21)25(27-24)29-17-15-28(4-2)16-18-29;/h6-13,19,26H,3-5,14-18H2,1-2H3;1H4. The molecule has 0 atom stereocenters. The lowest BCUT2D eigenvalue weighted by Crippen LogP contribution is -2.46. The number of likely N-dealkylation sites (N-methyl/N-ethyl adjacent to an activating group) is 1. The van der Waals surface area contributed by atoms with Gasteiger partial charge in [-0.3, -0.25) is 0 Å². The topological polar surface area (TPSA) is 31.4 Å². The molecule has 2 heterocycles. The molecule has 2 aromatic carbocycles. The molecule has 1 N–H and O–H groups in total. The fourth-order valence-corrected chi connectivity index (χ4v) is 4.01. The van der Waals surface area contributed by atoms with Crippen LogP contribution in [0.2, 0.25) is 0 Å². The van der Waals surface area contributed by atoms with E-state index in [-0.39, 0.29) is 7.43 Å². The Kier molecular flexibility index (Phi) is 7.69. The number of piperazine rings is 1. The van der Waals surface area contributed by atoms with Gasteiger partial charge in [0, 0.05) is 49.4 Å². The Labute approximate surface area is 181 Å². The van der Waals surface area contributed by atoms with Crippen molar-refractivity contribution in [2.45, 2.75) is 34.1 Å². The molecule has 1 aromatic heterocycles. The number of pyridine rings is 1. The fraction of sp³-hybridized carbons (Fsp3) is 0.423. The second-order valence-corrected chi connectivity index (χ2v) is 7.83. The number of hydrogen-bond acceptors (Lipinski definition) is 4. The molecule has 0 saturated carbocycles. The van der Waals surface area contributed by atoms with E-state index in [1.165, 1.54) is 34.9 Å². The first-order valence-corrected chi connectivity index (χ1v) is 11.0. The quantitative estimate of drug-likeness (QED) is 0.497. The van der Waals surface area contributed by atoms with Crippen molar-refractivity contribution < 1.29 is 0 Å². The highest BCUT2D eigenvalue weighted by Gasteiger charge is 2.19. The Morgan fingerprint density at radius 3 is 2.37 bits per heavy atom. The summed E-state index contributed by atoms with van der Waals surface area (Å²) >= 11 is 0. The second kappa shape index (κ2) is 10.4. The van der Waals surface area contributed by atoms with Crippen LogP contribution >= 0.6 is 0 Å². The van der Waals surface area contributed by atoms with Crippen molar-refractivity contribution in [3.8, 4) is 11.3 Å². The number of benzene rings is 2. The number of rotatable bonds is 7. The summed E-state index contributed by atoms with van der Waals surface area (Å²) in [5.74, 6) is 1.12. The SMILES string of the molecule is C.CCCCNc1ccc(-c2cc3ccccc3c(N3CCN(CC)CC3)n2)cc1. The summed E-state index contributed by atoms with van der Waals surface area (Å²) in [5, 5.41) is 6.00. The van der Waals surface area contributed by atoms with E-state index < -0.39 is 0 Å². The van der Waals surface area contributed by atoms with E-state index in [4.69, 9.17) is 4.98 Å². The zero-order valence-electron chi connectivity index (χ0n) is 17.7. The van der Waals surface area contributed by atoms with Crippen molar-refractivity contribution in [1.29, 1.82) is 0 Å². The highest BCUT2D eigenvalue weighted by molar-refractivity contribution is 5.95. The predicted molar refractivity (Wildman–Crippen MR) is 132 cm³/mol. The lowest BCUT2D eigenvalue weighted by Gasteiger charge is -2.35. The molecule has 1 aliphatic heterocycles. The van der Waals surface area contributed by atoms with Gasteiger partial charge in [0.05, 0.1) is 5.69 Å². The van der Waals surface area contributed by atoms with Gasteiger partial charge >= 0.3 is 0 Å². The van der Waals surface area contributed by atoms with Crippen molar-refractivity contribution in [2.24, 2.45) is 0 Å². The van der Waals surface area contributed by atoms with E-state index in [1.54, 1.807) is 0 Å². The molecule has 1 saturated heterocycles. The maximum Gasteiger partial charge on any atom is 0.137 e. The van der Waals surface area contributed by atoms with Crippen molar-refractivity contribution in [3.63, 3.8) is 0 Å². The first-order valence-electron chi connectivity index (χ1n) is 11.0.